The first-order valence-corrected chi connectivity index (χ1v) is 6.28. The molecule has 2 aromatic rings. The minimum Gasteiger partial charge on any atom is -0.389 e. The van der Waals surface area contributed by atoms with Crippen LogP contribution >= 0.6 is 12.2 Å². The number of benzene rings is 1. The second kappa shape index (κ2) is 4.38. The quantitative estimate of drug-likeness (QED) is 0.837. The Morgan fingerprint density at radius 1 is 1.28 bits per heavy atom. The maximum Gasteiger partial charge on any atom is 0.133 e. The Balaban J connectivity index is 2.02. The van der Waals surface area contributed by atoms with Crippen LogP contribution in [-0.2, 0) is 6.42 Å². The third-order valence-electron chi connectivity index (χ3n) is 3.19. The van der Waals surface area contributed by atoms with Gasteiger partial charge in [-0.05, 0) is 30.2 Å². The summed E-state index contributed by atoms with van der Waals surface area (Å²) in [6.07, 6.45) is 2.81. The van der Waals surface area contributed by atoms with E-state index in [-0.39, 0.29) is 0 Å². The van der Waals surface area contributed by atoms with E-state index in [4.69, 9.17) is 18.0 Å². The predicted molar refractivity (Wildman–Crippen MR) is 77.3 cm³/mol. The molecule has 1 aromatic carbocycles. The Hall–Kier alpha value is -1.94. The maximum atomic E-state index is 5.66. The van der Waals surface area contributed by atoms with E-state index in [2.05, 4.69) is 34.1 Å². The molecule has 4 heteroatoms. The average molecular weight is 255 g/mol. The van der Waals surface area contributed by atoms with Crippen LogP contribution in [0, 0.1) is 0 Å². The predicted octanol–water partition coefficient (Wildman–Crippen LogP) is 2.41. The van der Waals surface area contributed by atoms with Gasteiger partial charge in [-0.15, -0.1) is 0 Å². The number of aromatic nitrogens is 1. The van der Waals surface area contributed by atoms with Crippen LogP contribution in [0.4, 0.5) is 11.5 Å². The van der Waals surface area contributed by atoms with Gasteiger partial charge in [-0.3, -0.25) is 0 Å². The van der Waals surface area contributed by atoms with Gasteiger partial charge in [-0.2, -0.15) is 0 Å². The normalized spacial score (nSPS) is 13.4. The Morgan fingerprint density at radius 2 is 2.11 bits per heavy atom. The highest BCUT2D eigenvalue weighted by Crippen LogP contribution is 2.33. The number of hydrogen-bond donors (Lipinski definition) is 1. The zero-order chi connectivity index (χ0) is 12.5. The van der Waals surface area contributed by atoms with Crippen molar-refractivity contribution >= 4 is 28.7 Å². The van der Waals surface area contributed by atoms with E-state index in [0.717, 1.165) is 24.3 Å². The largest absolute Gasteiger partial charge is 0.389 e. The van der Waals surface area contributed by atoms with Crippen molar-refractivity contribution in [1.82, 2.24) is 4.98 Å². The standard InChI is InChI=1S/C14H13N3S/c15-14(18)11-5-7-16-13(9-11)17-8-6-10-3-1-2-4-12(10)17/h1-5,7,9H,6,8H2,(H2,15,18). The number of anilines is 2. The SMILES string of the molecule is NC(=S)c1ccnc(N2CCc3ccccc32)c1. The average Bonchev–Trinajstić information content (AvgIpc) is 2.82. The molecule has 0 aliphatic carbocycles. The fraction of sp³-hybridized carbons (Fsp3) is 0.143. The molecule has 2 N–H and O–H groups in total. The van der Waals surface area contributed by atoms with Gasteiger partial charge in [0.2, 0.25) is 0 Å². The number of nitrogens with zero attached hydrogens (tertiary/aromatic N) is 2. The third-order valence-corrected chi connectivity index (χ3v) is 3.43. The van der Waals surface area contributed by atoms with Crippen LogP contribution in [-0.4, -0.2) is 16.5 Å². The molecule has 0 unspecified atom stereocenters. The fourth-order valence-corrected chi connectivity index (χ4v) is 2.42. The zero-order valence-electron chi connectivity index (χ0n) is 9.84. The molecule has 90 valence electrons. The summed E-state index contributed by atoms with van der Waals surface area (Å²) in [5, 5.41) is 0. The van der Waals surface area contributed by atoms with E-state index in [1.165, 1.54) is 11.3 Å². The van der Waals surface area contributed by atoms with E-state index >= 15 is 0 Å². The third kappa shape index (κ3) is 1.84. The van der Waals surface area contributed by atoms with Gasteiger partial charge < -0.3 is 10.6 Å². The van der Waals surface area contributed by atoms with Gasteiger partial charge in [0.15, 0.2) is 0 Å². The summed E-state index contributed by atoms with van der Waals surface area (Å²) in [5.41, 5.74) is 9.11. The maximum absolute atomic E-state index is 5.66. The molecule has 3 rings (SSSR count). The number of rotatable bonds is 2. The lowest BCUT2D eigenvalue weighted by molar-refractivity contribution is 0.974. The molecule has 0 fully saturated rings. The molecule has 1 aliphatic heterocycles. The molecule has 1 aliphatic rings. The molecule has 0 saturated heterocycles. The van der Waals surface area contributed by atoms with Gasteiger partial charge in [0.25, 0.3) is 0 Å². The molecule has 18 heavy (non-hydrogen) atoms. The lowest BCUT2D eigenvalue weighted by Crippen LogP contribution is -2.16. The van der Waals surface area contributed by atoms with E-state index in [1.807, 2.05) is 12.1 Å². The summed E-state index contributed by atoms with van der Waals surface area (Å²) in [5.74, 6) is 0.908. The monoisotopic (exact) mass is 255 g/mol. The molecule has 3 nitrogen and oxygen atoms in total. The Morgan fingerprint density at radius 3 is 2.94 bits per heavy atom. The topological polar surface area (TPSA) is 42.1 Å². The van der Waals surface area contributed by atoms with Gasteiger partial charge in [-0.25, -0.2) is 4.98 Å². The molecule has 2 heterocycles. The van der Waals surface area contributed by atoms with Crippen molar-refractivity contribution in [3.63, 3.8) is 0 Å². The summed E-state index contributed by atoms with van der Waals surface area (Å²) >= 11 is 5.01. The fourth-order valence-electron chi connectivity index (χ4n) is 2.30. The summed E-state index contributed by atoms with van der Waals surface area (Å²) in [6.45, 7) is 0.952. The van der Waals surface area contributed by atoms with Crippen LogP contribution in [0.15, 0.2) is 42.6 Å². The van der Waals surface area contributed by atoms with Crippen molar-refractivity contribution in [1.29, 1.82) is 0 Å². The van der Waals surface area contributed by atoms with Gasteiger partial charge in [0, 0.05) is 24.0 Å². The smallest absolute Gasteiger partial charge is 0.133 e. The van der Waals surface area contributed by atoms with Gasteiger partial charge in [0.1, 0.15) is 10.8 Å². The number of fused-ring (bicyclic) bond motifs is 1. The lowest BCUT2D eigenvalue weighted by atomic mass is 10.2. The van der Waals surface area contributed by atoms with Crippen LogP contribution in [0.1, 0.15) is 11.1 Å². The van der Waals surface area contributed by atoms with Crippen LogP contribution in [0.5, 0.6) is 0 Å². The summed E-state index contributed by atoms with van der Waals surface area (Å²) < 4.78 is 0. The van der Waals surface area contributed by atoms with Crippen molar-refractivity contribution in [3.8, 4) is 0 Å². The number of thiocarbonyl (C=S) groups is 1. The van der Waals surface area contributed by atoms with E-state index < -0.39 is 0 Å². The summed E-state index contributed by atoms with van der Waals surface area (Å²) in [4.78, 5) is 7.03. The van der Waals surface area contributed by atoms with Gasteiger partial charge >= 0.3 is 0 Å². The van der Waals surface area contributed by atoms with Gasteiger partial charge in [-0.1, -0.05) is 30.4 Å². The summed E-state index contributed by atoms with van der Waals surface area (Å²) in [6, 6.07) is 12.2. The lowest BCUT2D eigenvalue weighted by Gasteiger charge is -2.18. The molecule has 0 atom stereocenters. The molecule has 0 spiro atoms. The number of pyridine rings is 1. The first-order valence-electron chi connectivity index (χ1n) is 5.87. The minimum absolute atomic E-state index is 0.408. The number of hydrogen-bond acceptors (Lipinski definition) is 3. The second-order valence-corrected chi connectivity index (χ2v) is 4.74. The Kier molecular flexibility index (Phi) is 2.72. The highest BCUT2D eigenvalue weighted by Gasteiger charge is 2.20. The molecule has 1 aromatic heterocycles. The van der Waals surface area contributed by atoms with E-state index in [0.29, 0.717) is 4.99 Å². The van der Waals surface area contributed by atoms with Crippen LogP contribution in [0.3, 0.4) is 0 Å². The number of nitrogens with two attached hydrogens (primary N) is 1. The van der Waals surface area contributed by atoms with Crippen LogP contribution < -0.4 is 10.6 Å². The van der Waals surface area contributed by atoms with Crippen molar-refractivity contribution in [2.24, 2.45) is 5.73 Å². The zero-order valence-corrected chi connectivity index (χ0v) is 10.7. The molecule has 0 saturated carbocycles. The van der Waals surface area contributed by atoms with Crippen molar-refractivity contribution in [3.05, 3.63) is 53.7 Å². The van der Waals surface area contributed by atoms with Crippen molar-refractivity contribution < 1.29 is 0 Å². The Labute approximate surface area is 111 Å². The highest BCUT2D eigenvalue weighted by atomic mass is 32.1. The molecule has 0 amide bonds. The molecular formula is C14H13N3S. The molecular weight excluding hydrogens is 242 g/mol. The number of para-hydroxylation sites is 1. The summed E-state index contributed by atoms with van der Waals surface area (Å²) in [7, 11) is 0. The molecule has 0 radical (unpaired) electrons. The Bertz CT molecular complexity index is 609. The highest BCUT2D eigenvalue weighted by molar-refractivity contribution is 7.80. The van der Waals surface area contributed by atoms with Gasteiger partial charge in [0.05, 0.1) is 0 Å². The van der Waals surface area contributed by atoms with E-state index in [9.17, 15) is 0 Å². The van der Waals surface area contributed by atoms with Crippen LogP contribution in [0.2, 0.25) is 0 Å². The first kappa shape index (κ1) is 11.2. The molecule has 0 bridgehead atoms. The minimum atomic E-state index is 0.408. The van der Waals surface area contributed by atoms with E-state index in [1.54, 1.807) is 6.20 Å². The van der Waals surface area contributed by atoms with Crippen LogP contribution in [0.25, 0.3) is 0 Å². The van der Waals surface area contributed by atoms with Crippen molar-refractivity contribution in [2.75, 3.05) is 11.4 Å². The van der Waals surface area contributed by atoms with Crippen molar-refractivity contribution in [2.45, 2.75) is 6.42 Å². The second-order valence-electron chi connectivity index (χ2n) is 4.30. The first-order chi connectivity index (χ1) is 8.75.